The molecule has 130 valence electrons. The van der Waals surface area contributed by atoms with Crippen LogP contribution >= 0.6 is 0 Å². The van der Waals surface area contributed by atoms with Crippen molar-refractivity contribution in [2.75, 3.05) is 23.7 Å². The maximum absolute atomic E-state index is 12.1. The molecule has 6 nitrogen and oxygen atoms in total. The van der Waals surface area contributed by atoms with Gasteiger partial charge in [-0.3, -0.25) is 0 Å². The molecule has 10 heteroatoms. The Balaban J connectivity index is 1.92. The van der Waals surface area contributed by atoms with Crippen molar-refractivity contribution in [2.45, 2.75) is 38.4 Å². The molecule has 2 rings (SSSR count). The summed E-state index contributed by atoms with van der Waals surface area (Å²) in [6.07, 6.45) is -1.07. The van der Waals surface area contributed by atoms with E-state index in [0.717, 1.165) is 32.4 Å². The summed E-state index contributed by atoms with van der Waals surface area (Å²) in [7, 11) is -3.99. The van der Waals surface area contributed by atoms with E-state index in [1.54, 1.807) is 6.07 Å². The summed E-state index contributed by atoms with van der Waals surface area (Å²) in [5.74, 6) is -0.461. The van der Waals surface area contributed by atoms with E-state index < -0.39 is 28.4 Å². The summed E-state index contributed by atoms with van der Waals surface area (Å²) in [5.41, 5.74) is 0.427. The molecule has 1 aromatic heterocycles. The van der Waals surface area contributed by atoms with Crippen LogP contribution in [0.15, 0.2) is 12.3 Å². The third-order valence-electron chi connectivity index (χ3n) is 3.47. The molecule has 1 aromatic rings. The zero-order valence-corrected chi connectivity index (χ0v) is 13.3. The second-order valence-corrected chi connectivity index (χ2v) is 7.33. The zero-order chi connectivity index (χ0) is 16.9. The van der Waals surface area contributed by atoms with Gasteiger partial charge in [0.15, 0.2) is 0 Å². The monoisotopic (exact) mass is 352 g/mol. The number of hydrogen-bond donors (Lipinski definition) is 1. The Morgan fingerprint density at radius 3 is 2.57 bits per heavy atom. The van der Waals surface area contributed by atoms with Crippen molar-refractivity contribution in [3.05, 3.63) is 18.0 Å². The molecule has 23 heavy (non-hydrogen) atoms. The molecule has 1 saturated heterocycles. The van der Waals surface area contributed by atoms with Crippen molar-refractivity contribution in [2.24, 2.45) is 0 Å². The number of anilines is 1. The van der Waals surface area contributed by atoms with E-state index in [0.29, 0.717) is 11.6 Å². The summed E-state index contributed by atoms with van der Waals surface area (Å²) in [5, 5.41) is 0. The van der Waals surface area contributed by atoms with Crippen molar-refractivity contribution in [3.8, 4) is 0 Å². The number of nitrogens with zero attached hydrogens (tertiary/aromatic N) is 3. The molecule has 0 saturated carbocycles. The minimum Gasteiger partial charge on any atom is -0.341 e. The van der Waals surface area contributed by atoms with E-state index >= 15 is 0 Å². The predicted molar refractivity (Wildman–Crippen MR) is 79.4 cm³/mol. The first kappa shape index (κ1) is 17.9. The molecule has 0 radical (unpaired) electrons. The lowest BCUT2D eigenvalue weighted by Crippen LogP contribution is -2.32. The van der Waals surface area contributed by atoms with Crippen molar-refractivity contribution in [1.29, 1.82) is 0 Å². The molecule has 0 aliphatic carbocycles. The summed E-state index contributed by atoms with van der Waals surface area (Å²) in [6.45, 7) is 1.55. The van der Waals surface area contributed by atoms with Crippen molar-refractivity contribution < 1.29 is 21.6 Å². The van der Waals surface area contributed by atoms with Crippen LogP contribution in [-0.4, -0.2) is 43.4 Å². The average molecular weight is 352 g/mol. The van der Waals surface area contributed by atoms with Gasteiger partial charge in [-0.15, -0.1) is 0 Å². The van der Waals surface area contributed by atoms with Crippen molar-refractivity contribution >= 4 is 16.0 Å². The first-order valence-corrected chi connectivity index (χ1v) is 9.01. The van der Waals surface area contributed by atoms with E-state index in [4.69, 9.17) is 0 Å². The molecule has 0 unspecified atom stereocenters. The van der Waals surface area contributed by atoms with Crippen molar-refractivity contribution in [3.63, 3.8) is 0 Å². The largest absolute Gasteiger partial charge is 0.390 e. The van der Waals surface area contributed by atoms with Gasteiger partial charge < -0.3 is 4.90 Å². The number of hydrogen-bond acceptors (Lipinski definition) is 5. The highest BCUT2D eigenvalue weighted by Crippen LogP contribution is 2.20. The molecule has 1 aliphatic rings. The van der Waals surface area contributed by atoms with Gasteiger partial charge in [-0.1, -0.05) is 0 Å². The lowest BCUT2D eigenvalue weighted by Gasteiger charge is -2.26. The van der Waals surface area contributed by atoms with Gasteiger partial charge in [0.25, 0.3) is 0 Å². The maximum Gasteiger partial charge on any atom is 0.390 e. The Morgan fingerprint density at radius 1 is 1.22 bits per heavy atom. The van der Waals surface area contributed by atoms with E-state index in [1.807, 2.05) is 4.90 Å². The van der Waals surface area contributed by atoms with Gasteiger partial charge in [0.2, 0.25) is 16.0 Å². The third kappa shape index (κ3) is 6.30. The van der Waals surface area contributed by atoms with Crippen LogP contribution in [0.4, 0.5) is 19.1 Å². The number of sulfonamides is 1. The fourth-order valence-corrected chi connectivity index (χ4v) is 3.25. The van der Waals surface area contributed by atoms with Gasteiger partial charge in [0.1, 0.15) is 0 Å². The number of nitrogens with one attached hydrogen (secondary N) is 1. The van der Waals surface area contributed by atoms with Gasteiger partial charge in [0, 0.05) is 19.3 Å². The van der Waals surface area contributed by atoms with Crippen LogP contribution in [0.25, 0.3) is 0 Å². The van der Waals surface area contributed by atoms with Gasteiger partial charge in [-0.05, 0) is 25.3 Å². The summed E-state index contributed by atoms with van der Waals surface area (Å²) in [4.78, 5) is 10.5. The Morgan fingerprint density at radius 2 is 1.91 bits per heavy atom. The Bertz CT molecular complexity index is 616. The van der Waals surface area contributed by atoms with Crippen LogP contribution in [-0.2, 0) is 16.6 Å². The number of halogens is 3. The highest BCUT2D eigenvalue weighted by Gasteiger charge is 2.29. The average Bonchev–Trinajstić information content (AvgIpc) is 2.52. The van der Waals surface area contributed by atoms with Crippen LogP contribution in [0.1, 0.15) is 31.4 Å². The molecular formula is C13H19F3N4O2S. The number of piperidine rings is 1. The Labute approximate surface area is 133 Å². The minimum absolute atomic E-state index is 0.149. The van der Waals surface area contributed by atoms with E-state index in [9.17, 15) is 21.6 Å². The smallest absolute Gasteiger partial charge is 0.341 e. The van der Waals surface area contributed by atoms with Crippen LogP contribution in [0.5, 0.6) is 0 Å². The molecule has 0 spiro atoms. The summed E-state index contributed by atoms with van der Waals surface area (Å²) in [6, 6.07) is 1.54. The van der Waals surface area contributed by atoms with E-state index in [1.165, 1.54) is 6.20 Å². The van der Waals surface area contributed by atoms with Gasteiger partial charge in [-0.2, -0.15) is 13.2 Å². The molecule has 0 aromatic carbocycles. The van der Waals surface area contributed by atoms with Crippen LogP contribution in [0.3, 0.4) is 0 Å². The molecule has 0 bridgehead atoms. The third-order valence-corrected chi connectivity index (χ3v) is 4.79. The minimum atomic E-state index is -4.49. The quantitative estimate of drug-likeness (QED) is 0.846. The topological polar surface area (TPSA) is 75.2 Å². The number of alkyl halides is 3. The first-order chi connectivity index (χ1) is 10.8. The molecule has 0 atom stereocenters. The second kappa shape index (κ2) is 7.43. The standard InChI is InChI=1S/C13H19F3N4O2S/c14-13(15,16)5-9-23(21,22)18-10-11-4-6-17-12(19-11)20-7-2-1-3-8-20/h4,6,18H,1-3,5,7-10H2. The lowest BCUT2D eigenvalue weighted by atomic mass is 10.1. The van der Waals surface area contributed by atoms with Crippen LogP contribution < -0.4 is 9.62 Å². The highest BCUT2D eigenvalue weighted by molar-refractivity contribution is 7.89. The molecule has 1 aliphatic heterocycles. The lowest BCUT2D eigenvalue weighted by molar-refractivity contribution is -0.129. The first-order valence-electron chi connectivity index (χ1n) is 7.36. The van der Waals surface area contributed by atoms with Gasteiger partial charge in [0.05, 0.1) is 24.4 Å². The molecule has 1 fully saturated rings. The SMILES string of the molecule is O=S(=O)(CCC(F)(F)F)NCc1ccnc(N2CCCCC2)n1. The summed E-state index contributed by atoms with van der Waals surface area (Å²) < 4.78 is 61.6. The molecule has 0 amide bonds. The highest BCUT2D eigenvalue weighted by atomic mass is 32.2. The summed E-state index contributed by atoms with van der Waals surface area (Å²) >= 11 is 0. The molecule has 2 heterocycles. The second-order valence-electron chi connectivity index (χ2n) is 5.40. The normalized spacial score (nSPS) is 16.6. The molecular weight excluding hydrogens is 333 g/mol. The predicted octanol–water partition coefficient (Wildman–Crippen LogP) is 1.84. The van der Waals surface area contributed by atoms with Gasteiger partial charge >= 0.3 is 6.18 Å². The fraction of sp³-hybridized carbons (Fsp3) is 0.692. The number of rotatable bonds is 6. The van der Waals surface area contributed by atoms with Crippen molar-refractivity contribution in [1.82, 2.24) is 14.7 Å². The van der Waals surface area contributed by atoms with E-state index in [2.05, 4.69) is 14.7 Å². The fourth-order valence-electron chi connectivity index (χ4n) is 2.24. The maximum atomic E-state index is 12.1. The Hall–Kier alpha value is -1.42. The zero-order valence-electron chi connectivity index (χ0n) is 12.5. The Kier molecular flexibility index (Phi) is 5.79. The number of aromatic nitrogens is 2. The molecule has 1 N–H and O–H groups in total. The van der Waals surface area contributed by atoms with Crippen LogP contribution in [0, 0.1) is 0 Å². The van der Waals surface area contributed by atoms with Crippen LogP contribution in [0.2, 0.25) is 0 Å². The van der Waals surface area contributed by atoms with Gasteiger partial charge in [-0.25, -0.2) is 23.1 Å². The van der Waals surface area contributed by atoms with E-state index in [-0.39, 0.29) is 6.54 Å².